The van der Waals surface area contributed by atoms with Crippen LogP contribution in [0.15, 0.2) is 41.3 Å². The molecule has 1 aromatic carbocycles. The van der Waals surface area contributed by atoms with E-state index in [-0.39, 0.29) is 17.9 Å². The summed E-state index contributed by atoms with van der Waals surface area (Å²) in [6.45, 7) is 4.14. The van der Waals surface area contributed by atoms with Crippen molar-refractivity contribution in [1.82, 2.24) is 13.6 Å². The molecule has 1 fully saturated rings. The van der Waals surface area contributed by atoms with Gasteiger partial charge in [-0.25, -0.2) is 9.11 Å². The van der Waals surface area contributed by atoms with Gasteiger partial charge in [0, 0.05) is 46.1 Å². The van der Waals surface area contributed by atoms with Crippen LogP contribution in [-0.2, 0) is 16.8 Å². The molecule has 2 aromatic rings. The van der Waals surface area contributed by atoms with Crippen molar-refractivity contribution < 1.29 is 17.9 Å². The SMILES string of the molecule is CO.Cc1cc(C)c(=O)n(CCNS(=O)(=O)N(C)C)c1.Fc1cccc(C2CCCCC2)c1. The Kier molecular flexibility index (Phi) is 12.5. The normalized spacial score (nSPS) is 14.2. The summed E-state index contributed by atoms with van der Waals surface area (Å²) in [6.07, 6.45) is 8.17. The van der Waals surface area contributed by atoms with Crippen LogP contribution in [0, 0.1) is 19.7 Å². The molecule has 7 nitrogen and oxygen atoms in total. The lowest BCUT2D eigenvalue weighted by Gasteiger charge is -2.21. The molecule has 0 radical (unpaired) electrons. The standard InChI is InChI=1S/C12H15F.C11H19N3O3S.CH4O/c13-12-8-4-7-11(9-12)10-5-2-1-3-6-10;1-9-7-10(2)11(15)14(8-9)6-5-12-18(16,17)13(3)4;1-2/h4,7-10H,1-3,5-6H2;7-8,12H,5-6H2,1-4H3;2H,1H3. The number of nitrogens with zero attached hydrogens (tertiary/aromatic N) is 2. The molecule has 1 saturated carbocycles. The van der Waals surface area contributed by atoms with E-state index in [1.54, 1.807) is 19.2 Å². The zero-order valence-electron chi connectivity index (χ0n) is 20.3. The molecule has 186 valence electrons. The van der Waals surface area contributed by atoms with Gasteiger partial charge >= 0.3 is 0 Å². The number of hydrogen-bond donors (Lipinski definition) is 2. The fourth-order valence-electron chi connectivity index (χ4n) is 3.76. The number of aliphatic hydroxyl groups excluding tert-OH is 1. The first-order chi connectivity index (χ1) is 15.6. The Morgan fingerprint density at radius 2 is 1.76 bits per heavy atom. The van der Waals surface area contributed by atoms with E-state index in [4.69, 9.17) is 5.11 Å². The molecule has 0 unspecified atom stereocenters. The van der Waals surface area contributed by atoms with Crippen LogP contribution < -0.4 is 10.3 Å². The molecule has 33 heavy (non-hydrogen) atoms. The summed E-state index contributed by atoms with van der Waals surface area (Å²) >= 11 is 0. The first-order valence-corrected chi connectivity index (χ1v) is 12.6. The van der Waals surface area contributed by atoms with E-state index in [0.29, 0.717) is 18.0 Å². The monoisotopic (exact) mass is 483 g/mol. The number of benzene rings is 1. The quantitative estimate of drug-likeness (QED) is 0.659. The lowest BCUT2D eigenvalue weighted by atomic mass is 9.84. The second-order valence-corrected chi connectivity index (χ2v) is 10.2. The maximum Gasteiger partial charge on any atom is 0.278 e. The van der Waals surface area contributed by atoms with Gasteiger partial charge in [-0.15, -0.1) is 0 Å². The smallest absolute Gasteiger partial charge is 0.278 e. The van der Waals surface area contributed by atoms with E-state index in [2.05, 4.69) is 10.8 Å². The minimum Gasteiger partial charge on any atom is -0.400 e. The number of pyridine rings is 1. The predicted molar refractivity (Wildman–Crippen MR) is 131 cm³/mol. The largest absolute Gasteiger partial charge is 0.400 e. The number of aryl methyl sites for hydroxylation is 2. The molecular weight excluding hydrogens is 445 g/mol. The summed E-state index contributed by atoms with van der Waals surface area (Å²) in [6, 6.07) is 8.89. The van der Waals surface area contributed by atoms with Crippen LogP contribution in [0.1, 0.15) is 54.7 Å². The fourth-order valence-corrected chi connectivity index (χ4v) is 4.37. The van der Waals surface area contributed by atoms with E-state index < -0.39 is 10.2 Å². The van der Waals surface area contributed by atoms with Crippen molar-refractivity contribution >= 4 is 10.2 Å². The predicted octanol–water partition coefficient (Wildman–Crippen LogP) is 3.34. The summed E-state index contributed by atoms with van der Waals surface area (Å²) in [4.78, 5) is 11.8. The van der Waals surface area contributed by atoms with Crippen LogP contribution in [-0.4, -0.2) is 50.1 Å². The van der Waals surface area contributed by atoms with Crippen LogP contribution in [0.2, 0.25) is 0 Å². The van der Waals surface area contributed by atoms with Crippen molar-refractivity contribution in [2.45, 2.75) is 58.4 Å². The van der Waals surface area contributed by atoms with Crippen molar-refractivity contribution in [3.63, 3.8) is 0 Å². The maximum absolute atomic E-state index is 12.9. The molecule has 9 heteroatoms. The minimum absolute atomic E-state index is 0.0929. The Labute approximate surface area is 197 Å². The summed E-state index contributed by atoms with van der Waals surface area (Å²) in [5.41, 5.74) is 2.73. The highest BCUT2D eigenvalue weighted by molar-refractivity contribution is 7.87. The van der Waals surface area contributed by atoms with E-state index in [0.717, 1.165) is 17.0 Å². The molecule has 0 spiro atoms. The highest BCUT2D eigenvalue weighted by atomic mass is 32.2. The maximum atomic E-state index is 12.9. The molecule has 0 aliphatic heterocycles. The summed E-state index contributed by atoms with van der Waals surface area (Å²) in [7, 11) is 0.466. The Morgan fingerprint density at radius 3 is 2.33 bits per heavy atom. The third kappa shape index (κ3) is 9.75. The van der Waals surface area contributed by atoms with Gasteiger partial charge in [0.1, 0.15) is 5.82 Å². The van der Waals surface area contributed by atoms with Crippen molar-refractivity contribution in [3.8, 4) is 0 Å². The van der Waals surface area contributed by atoms with E-state index in [1.165, 1.54) is 62.4 Å². The van der Waals surface area contributed by atoms with E-state index >= 15 is 0 Å². The van der Waals surface area contributed by atoms with Gasteiger partial charge in [0.15, 0.2) is 0 Å². The van der Waals surface area contributed by atoms with Gasteiger partial charge in [-0.1, -0.05) is 31.4 Å². The highest BCUT2D eigenvalue weighted by Crippen LogP contribution is 2.32. The number of rotatable bonds is 6. The van der Waals surface area contributed by atoms with Gasteiger partial charge in [-0.2, -0.15) is 12.7 Å². The molecule has 3 rings (SSSR count). The van der Waals surface area contributed by atoms with Crippen LogP contribution in [0.3, 0.4) is 0 Å². The number of nitrogens with one attached hydrogen (secondary N) is 1. The van der Waals surface area contributed by atoms with Gasteiger partial charge in [0.2, 0.25) is 0 Å². The molecule has 0 saturated heterocycles. The summed E-state index contributed by atoms with van der Waals surface area (Å²) in [5.74, 6) is 0.521. The third-order valence-electron chi connectivity index (χ3n) is 5.44. The Bertz CT molecular complexity index is 1020. The van der Waals surface area contributed by atoms with Crippen molar-refractivity contribution in [3.05, 3.63) is 69.4 Å². The average molecular weight is 484 g/mol. The van der Waals surface area contributed by atoms with Crippen molar-refractivity contribution in [2.75, 3.05) is 27.7 Å². The second-order valence-electron chi connectivity index (χ2n) is 8.27. The van der Waals surface area contributed by atoms with Gasteiger partial charge in [-0.05, 0) is 61.9 Å². The Hall–Kier alpha value is -2.07. The van der Waals surface area contributed by atoms with Gasteiger partial charge < -0.3 is 9.67 Å². The lowest BCUT2D eigenvalue weighted by Crippen LogP contribution is -2.38. The molecule has 1 aliphatic rings. The average Bonchev–Trinajstić information content (AvgIpc) is 2.79. The zero-order chi connectivity index (χ0) is 25.0. The molecule has 1 heterocycles. The number of aromatic nitrogens is 1. The first kappa shape index (κ1) is 29.0. The van der Waals surface area contributed by atoms with E-state index in [9.17, 15) is 17.6 Å². The molecule has 1 aliphatic carbocycles. The van der Waals surface area contributed by atoms with Crippen LogP contribution in [0.25, 0.3) is 0 Å². The number of aliphatic hydroxyl groups is 1. The minimum atomic E-state index is -3.43. The van der Waals surface area contributed by atoms with Crippen molar-refractivity contribution in [1.29, 1.82) is 0 Å². The molecular formula is C24H38FN3O4S. The van der Waals surface area contributed by atoms with Crippen LogP contribution >= 0.6 is 0 Å². The second kappa shape index (κ2) is 14.2. The van der Waals surface area contributed by atoms with Gasteiger partial charge in [-0.3, -0.25) is 4.79 Å². The topological polar surface area (TPSA) is 91.6 Å². The zero-order valence-corrected chi connectivity index (χ0v) is 21.2. The molecule has 0 bridgehead atoms. The Balaban J connectivity index is 0.000000319. The molecule has 0 atom stereocenters. The summed E-state index contributed by atoms with van der Waals surface area (Å²) in [5, 5.41) is 7.00. The number of hydrogen-bond acceptors (Lipinski definition) is 4. The van der Waals surface area contributed by atoms with E-state index in [1.807, 2.05) is 19.1 Å². The molecule has 1 aromatic heterocycles. The van der Waals surface area contributed by atoms with Gasteiger partial charge in [0.05, 0.1) is 0 Å². The fraction of sp³-hybridized carbons (Fsp3) is 0.542. The first-order valence-electron chi connectivity index (χ1n) is 11.1. The van der Waals surface area contributed by atoms with Crippen LogP contribution in [0.4, 0.5) is 4.39 Å². The number of halogens is 1. The lowest BCUT2D eigenvalue weighted by molar-refractivity contribution is 0.399. The van der Waals surface area contributed by atoms with Gasteiger partial charge in [0.25, 0.3) is 15.8 Å². The van der Waals surface area contributed by atoms with Crippen LogP contribution in [0.5, 0.6) is 0 Å². The summed E-state index contributed by atoms with van der Waals surface area (Å²) < 4.78 is 40.9. The van der Waals surface area contributed by atoms with Crippen molar-refractivity contribution in [2.24, 2.45) is 0 Å². The Morgan fingerprint density at radius 1 is 1.12 bits per heavy atom. The highest BCUT2D eigenvalue weighted by Gasteiger charge is 2.15. The third-order valence-corrected chi connectivity index (χ3v) is 6.98. The molecule has 2 N–H and O–H groups in total. The molecule has 0 amide bonds.